The van der Waals surface area contributed by atoms with E-state index in [1.54, 1.807) is 25.1 Å². The number of aryl methyl sites for hydroxylation is 1. The lowest BCUT2D eigenvalue weighted by molar-refractivity contribution is -0.385. The van der Waals surface area contributed by atoms with Crippen LogP contribution >= 0.6 is 23.2 Å². The number of carbonyl (C=O) groups excluding carboxylic acids is 1. The van der Waals surface area contributed by atoms with Crippen molar-refractivity contribution in [2.24, 2.45) is 0 Å². The lowest BCUT2D eigenvalue weighted by Gasteiger charge is -2.04. The van der Waals surface area contributed by atoms with Crippen molar-refractivity contribution in [2.45, 2.75) is 20.0 Å². The van der Waals surface area contributed by atoms with Crippen LogP contribution in [0.5, 0.6) is 0 Å². The van der Waals surface area contributed by atoms with Gasteiger partial charge in [-0.1, -0.05) is 29.3 Å². The Labute approximate surface area is 162 Å². The SMILES string of the molecule is CCn1ncc([N+](=O)[O-])c1C(=O)Nc1ncn(Cc2ccc(Cl)c(Cl)c2)n1. The highest BCUT2D eigenvalue weighted by Gasteiger charge is 2.27. The topological polar surface area (TPSA) is 121 Å². The van der Waals surface area contributed by atoms with E-state index < -0.39 is 10.8 Å². The van der Waals surface area contributed by atoms with Gasteiger partial charge < -0.3 is 0 Å². The van der Waals surface area contributed by atoms with Crippen LogP contribution in [0.3, 0.4) is 0 Å². The van der Waals surface area contributed by atoms with Crippen molar-refractivity contribution in [1.29, 1.82) is 0 Å². The quantitative estimate of drug-likeness (QED) is 0.493. The van der Waals surface area contributed by atoms with Gasteiger partial charge in [-0.05, 0) is 24.6 Å². The number of anilines is 1. The van der Waals surface area contributed by atoms with Crippen LogP contribution in [0.15, 0.2) is 30.7 Å². The summed E-state index contributed by atoms with van der Waals surface area (Å²) < 4.78 is 2.72. The lowest BCUT2D eigenvalue weighted by atomic mass is 10.2. The molecule has 0 bridgehead atoms. The maximum absolute atomic E-state index is 12.4. The zero-order chi connectivity index (χ0) is 19.6. The summed E-state index contributed by atoms with van der Waals surface area (Å²) in [6, 6.07) is 5.16. The van der Waals surface area contributed by atoms with Gasteiger partial charge in [0.2, 0.25) is 11.6 Å². The smallest absolute Gasteiger partial charge is 0.288 e. The highest BCUT2D eigenvalue weighted by molar-refractivity contribution is 6.42. The predicted molar refractivity (Wildman–Crippen MR) is 98.1 cm³/mol. The van der Waals surface area contributed by atoms with Crippen molar-refractivity contribution in [3.05, 3.63) is 62.1 Å². The minimum absolute atomic E-state index is 0.0122. The number of halogens is 2. The molecule has 1 N–H and O–H groups in total. The molecule has 0 aliphatic carbocycles. The Morgan fingerprint density at radius 1 is 1.33 bits per heavy atom. The first-order chi connectivity index (χ1) is 12.9. The number of benzene rings is 1. The molecule has 140 valence electrons. The molecular weight excluding hydrogens is 397 g/mol. The molecule has 10 nitrogen and oxygen atoms in total. The normalized spacial score (nSPS) is 10.8. The van der Waals surface area contributed by atoms with Crippen LogP contribution in [-0.2, 0) is 13.1 Å². The highest BCUT2D eigenvalue weighted by atomic mass is 35.5. The van der Waals surface area contributed by atoms with E-state index in [-0.39, 0.29) is 17.3 Å². The predicted octanol–water partition coefficient (Wildman–Crippen LogP) is 3.01. The van der Waals surface area contributed by atoms with E-state index in [0.29, 0.717) is 23.1 Å². The molecule has 0 saturated heterocycles. The second-order valence-corrected chi connectivity index (χ2v) is 6.23. The first kappa shape index (κ1) is 18.8. The van der Waals surface area contributed by atoms with Crippen LogP contribution in [0, 0.1) is 10.1 Å². The van der Waals surface area contributed by atoms with E-state index in [9.17, 15) is 14.9 Å². The third kappa shape index (κ3) is 4.07. The molecular formula is C15H13Cl2N7O3. The van der Waals surface area contributed by atoms with Gasteiger partial charge in [-0.25, -0.2) is 9.67 Å². The van der Waals surface area contributed by atoms with E-state index in [1.165, 1.54) is 15.7 Å². The summed E-state index contributed by atoms with van der Waals surface area (Å²) in [5.74, 6) is -0.702. The van der Waals surface area contributed by atoms with Gasteiger partial charge in [-0.2, -0.15) is 5.10 Å². The third-order valence-electron chi connectivity index (χ3n) is 3.62. The van der Waals surface area contributed by atoms with Crippen LogP contribution in [0.4, 0.5) is 11.6 Å². The maximum atomic E-state index is 12.4. The van der Waals surface area contributed by atoms with E-state index in [4.69, 9.17) is 23.2 Å². The number of aromatic nitrogens is 5. The van der Waals surface area contributed by atoms with Gasteiger partial charge in [0.05, 0.1) is 21.5 Å². The van der Waals surface area contributed by atoms with E-state index in [1.807, 2.05) is 0 Å². The molecule has 2 heterocycles. The fourth-order valence-electron chi connectivity index (χ4n) is 2.40. The second kappa shape index (κ2) is 7.72. The fraction of sp³-hybridized carbons (Fsp3) is 0.200. The summed E-state index contributed by atoms with van der Waals surface area (Å²) in [7, 11) is 0. The van der Waals surface area contributed by atoms with Gasteiger partial charge in [-0.3, -0.25) is 24.9 Å². The molecule has 0 atom stereocenters. The summed E-state index contributed by atoms with van der Waals surface area (Å²) in [6.45, 7) is 2.38. The number of hydrogen-bond acceptors (Lipinski definition) is 6. The van der Waals surface area contributed by atoms with Crippen molar-refractivity contribution in [3.8, 4) is 0 Å². The lowest BCUT2D eigenvalue weighted by Crippen LogP contribution is -2.19. The summed E-state index contributed by atoms with van der Waals surface area (Å²) >= 11 is 11.9. The van der Waals surface area contributed by atoms with Gasteiger partial charge in [-0.15, -0.1) is 5.10 Å². The molecule has 3 rings (SSSR count). The van der Waals surface area contributed by atoms with Crippen molar-refractivity contribution >= 4 is 40.7 Å². The van der Waals surface area contributed by atoms with Gasteiger partial charge in [0.25, 0.3) is 5.91 Å². The Morgan fingerprint density at radius 3 is 2.78 bits per heavy atom. The second-order valence-electron chi connectivity index (χ2n) is 5.42. The fourth-order valence-corrected chi connectivity index (χ4v) is 2.72. The zero-order valence-corrected chi connectivity index (χ0v) is 15.5. The number of nitrogens with one attached hydrogen (secondary N) is 1. The summed E-state index contributed by atoms with van der Waals surface area (Å²) in [4.78, 5) is 26.8. The molecule has 1 aromatic carbocycles. The summed E-state index contributed by atoms with van der Waals surface area (Å²) in [6.07, 6.45) is 2.46. The van der Waals surface area contributed by atoms with Crippen LogP contribution < -0.4 is 5.32 Å². The number of amides is 1. The molecule has 0 unspecified atom stereocenters. The number of nitro groups is 1. The molecule has 12 heteroatoms. The van der Waals surface area contributed by atoms with E-state index >= 15 is 0 Å². The molecule has 0 aliphatic heterocycles. The molecule has 1 amide bonds. The Hall–Kier alpha value is -2.98. The van der Waals surface area contributed by atoms with Crippen molar-refractivity contribution in [1.82, 2.24) is 24.5 Å². The zero-order valence-electron chi connectivity index (χ0n) is 14.0. The first-order valence-electron chi connectivity index (χ1n) is 7.74. The average molecular weight is 410 g/mol. The van der Waals surface area contributed by atoms with Crippen LogP contribution in [0.25, 0.3) is 0 Å². The number of nitrogens with zero attached hydrogens (tertiary/aromatic N) is 6. The van der Waals surface area contributed by atoms with Crippen molar-refractivity contribution in [3.63, 3.8) is 0 Å². The third-order valence-corrected chi connectivity index (χ3v) is 4.36. The van der Waals surface area contributed by atoms with E-state index in [0.717, 1.165) is 11.8 Å². The first-order valence-corrected chi connectivity index (χ1v) is 8.49. The summed E-state index contributed by atoms with van der Waals surface area (Å²) in [5, 5.41) is 22.4. The molecule has 0 radical (unpaired) electrons. The number of rotatable bonds is 6. The molecule has 0 spiro atoms. The Bertz CT molecular complexity index is 1010. The Balaban J connectivity index is 1.76. The minimum atomic E-state index is -0.715. The number of hydrogen-bond donors (Lipinski definition) is 1. The van der Waals surface area contributed by atoms with Crippen molar-refractivity contribution < 1.29 is 9.72 Å². The van der Waals surface area contributed by atoms with Crippen LogP contribution in [-0.4, -0.2) is 35.4 Å². The summed E-state index contributed by atoms with van der Waals surface area (Å²) in [5.41, 5.74) is 0.291. The molecule has 0 fully saturated rings. The van der Waals surface area contributed by atoms with Gasteiger partial charge in [0.1, 0.15) is 12.5 Å². The van der Waals surface area contributed by atoms with Gasteiger partial charge in [0, 0.05) is 6.54 Å². The maximum Gasteiger partial charge on any atom is 0.320 e. The largest absolute Gasteiger partial charge is 0.320 e. The molecule has 0 saturated carbocycles. The Morgan fingerprint density at radius 2 is 2.11 bits per heavy atom. The van der Waals surface area contributed by atoms with Gasteiger partial charge >= 0.3 is 5.69 Å². The molecule has 0 aliphatic rings. The molecule has 3 aromatic rings. The van der Waals surface area contributed by atoms with Crippen LogP contribution in [0.1, 0.15) is 23.0 Å². The monoisotopic (exact) mass is 409 g/mol. The van der Waals surface area contributed by atoms with Crippen molar-refractivity contribution in [2.75, 3.05) is 5.32 Å². The van der Waals surface area contributed by atoms with E-state index in [2.05, 4.69) is 20.5 Å². The average Bonchev–Trinajstić information content (AvgIpc) is 3.24. The standard InChI is InChI=1S/C15H13Cl2N7O3/c1-2-23-13(12(6-19-23)24(26)27)14(25)20-15-18-8-22(21-15)7-9-3-4-10(16)11(17)5-9/h3-6,8H,2,7H2,1H3,(H,20,21,25). The molecule has 2 aromatic heterocycles. The Kier molecular flexibility index (Phi) is 5.38. The van der Waals surface area contributed by atoms with Crippen LogP contribution in [0.2, 0.25) is 10.0 Å². The minimum Gasteiger partial charge on any atom is -0.288 e. The number of carbonyl (C=O) groups is 1. The molecule has 27 heavy (non-hydrogen) atoms. The highest BCUT2D eigenvalue weighted by Crippen LogP contribution is 2.23. The van der Waals surface area contributed by atoms with Gasteiger partial charge in [0.15, 0.2) is 0 Å².